The lowest BCUT2D eigenvalue weighted by molar-refractivity contribution is -0.144. The molecule has 0 bridgehead atoms. The number of anilines is 2. The van der Waals surface area contributed by atoms with E-state index in [9.17, 15) is 9.59 Å². The van der Waals surface area contributed by atoms with E-state index in [0.717, 1.165) is 7.14 Å². The van der Waals surface area contributed by atoms with Crippen LogP contribution in [0.2, 0.25) is 0 Å². The Morgan fingerprint density at radius 2 is 1.88 bits per heavy atom. The predicted molar refractivity (Wildman–Crippen MR) is 121 cm³/mol. The number of rotatable bonds is 5. The van der Waals surface area contributed by atoms with Gasteiger partial charge < -0.3 is 20.9 Å². The average Bonchev–Trinajstić information content (AvgIpc) is 2.53. The van der Waals surface area contributed by atoms with Crippen LogP contribution in [0.3, 0.4) is 0 Å². The first-order chi connectivity index (χ1) is 11.7. The molecular formula is C16H13I3N2O4. The molecule has 0 saturated carbocycles. The Labute approximate surface area is 185 Å². The molecule has 9 heteroatoms. The number of nitrogen functional groups attached to an aromatic ring is 1. The Morgan fingerprint density at radius 3 is 2.52 bits per heavy atom. The van der Waals surface area contributed by atoms with E-state index in [1.165, 1.54) is 6.92 Å². The van der Waals surface area contributed by atoms with Crippen LogP contribution in [0.15, 0.2) is 30.3 Å². The molecule has 0 fully saturated rings. The number of carboxylic acids is 1. The third kappa shape index (κ3) is 5.09. The average molecular weight is 678 g/mol. The van der Waals surface area contributed by atoms with Gasteiger partial charge in [0.2, 0.25) is 0 Å². The highest BCUT2D eigenvalue weighted by atomic mass is 127. The number of hydrogen-bond donors (Lipinski definition) is 3. The fraction of sp³-hybridized carbons (Fsp3) is 0.125. The summed E-state index contributed by atoms with van der Waals surface area (Å²) in [6.07, 6.45) is -0.983. The van der Waals surface area contributed by atoms with E-state index in [2.05, 4.69) is 73.1 Å². The second-order valence-electron chi connectivity index (χ2n) is 5.02. The first-order valence-electron chi connectivity index (χ1n) is 6.94. The van der Waals surface area contributed by atoms with Crippen molar-refractivity contribution in [3.05, 3.63) is 46.6 Å². The summed E-state index contributed by atoms with van der Waals surface area (Å²) in [6.45, 7) is 1.44. The molecule has 4 N–H and O–H groups in total. The van der Waals surface area contributed by atoms with E-state index < -0.39 is 12.1 Å². The molecular weight excluding hydrogens is 665 g/mol. The number of amides is 1. The van der Waals surface area contributed by atoms with Crippen LogP contribution in [0.25, 0.3) is 0 Å². The molecule has 0 aliphatic rings. The molecule has 2 aromatic carbocycles. The third-order valence-electron chi connectivity index (χ3n) is 3.19. The number of nitrogens with one attached hydrogen (secondary N) is 1. The molecule has 2 aromatic rings. The van der Waals surface area contributed by atoms with Crippen LogP contribution in [0, 0.1) is 10.7 Å². The molecule has 0 aliphatic carbocycles. The highest BCUT2D eigenvalue weighted by Crippen LogP contribution is 2.30. The van der Waals surface area contributed by atoms with E-state index in [1.54, 1.807) is 24.3 Å². The highest BCUT2D eigenvalue weighted by Gasteiger charge is 2.19. The molecule has 0 saturated heterocycles. The van der Waals surface area contributed by atoms with Gasteiger partial charge in [-0.3, -0.25) is 4.79 Å². The van der Waals surface area contributed by atoms with Crippen LogP contribution in [0.1, 0.15) is 17.3 Å². The fourth-order valence-corrected chi connectivity index (χ4v) is 5.77. The zero-order valence-corrected chi connectivity index (χ0v) is 19.3. The number of halogens is 3. The van der Waals surface area contributed by atoms with Gasteiger partial charge in [-0.2, -0.15) is 0 Å². The smallest absolute Gasteiger partial charge is 0.344 e. The molecule has 1 unspecified atom stereocenters. The van der Waals surface area contributed by atoms with Gasteiger partial charge in [-0.1, -0.05) is 6.07 Å². The van der Waals surface area contributed by atoms with Gasteiger partial charge in [0, 0.05) is 18.9 Å². The number of carbonyl (C=O) groups excluding carboxylic acids is 1. The number of carboxylic acid groups (broad SMARTS) is 1. The van der Waals surface area contributed by atoms with Crippen molar-refractivity contribution in [2.45, 2.75) is 13.0 Å². The lowest BCUT2D eigenvalue weighted by Gasteiger charge is -2.14. The fourth-order valence-electron chi connectivity index (χ4n) is 1.91. The first kappa shape index (κ1) is 20.5. The molecule has 2 rings (SSSR count). The van der Waals surface area contributed by atoms with Gasteiger partial charge in [0.05, 0.1) is 14.8 Å². The zero-order valence-electron chi connectivity index (χ0n) is 12.8. The van der Waals surface area contributed by atoms with Crippen LogP contribution >= 0.6 is 67.8 Å². The minimum Gasteiger partial charge on any atom is -0.479 e. The van der Waals surface area contributed by atoms with Crippen molar-refractivity contribution >= 4 is 91.0 Å². The van der Waals surface area contributed by atoms with E-state index in [1.807, 2.05) is 6.07 Å². The zero-order chi connectivity index (χ0) is 18.7. The van der Waals surface area contributed by atoms with Crippen LogP contribution < -0.4 is 15.8 Å². The molecule has 0 aromatic heterocycles. The summed E-state index contributed by atoms with van der Waals surface area (Å²) in [5.74, 6) is -0.993. The Bertz CT molecular complexity index is 842. The quantitative estimate of drug-likeness (QED) is 0.326. The molecule has 132 valence electrons. The number of carbonyl (C=O) groups is 2. The number of aliphatic carboxylic acids is 1. The van der Waals surface area contributed by atoms with Crippen molar-refractivity contribution in [2.24, 2.45) is 0 Å². The van der Waals surface area contributed by atoms with Gasteiger partial charge in [-0.05, 0) is 92.9 Å². The maximum absolute atomic E-state index is 12.6. The molecule has 0 heterocycles. The second kappa shape index (κ2) is 8.70. The van der Waals surface area contributed by atoms with E-state index in [4.69, 9.17) is 15.6 Å². The van der Waals surface area contributed by atoms with E-state index in [0.29, 0.717) is 26.3 Å². The van der Waals surface area contributed by atoms with Gasteiger partial charge in [0.25, 0.3) is 5.91 Å². The summed E-state index contributed by atoms with van der Waals surface area (Å²) in [5, 5.41) is 11.7. The van der Waals surface area contributed by atoms with Crippen molar-refractivity contribution in [3.8, 4) is 5.75 Å². The van der Waals surface area contributed by atoms with Crippen molar-refractivity contribution in [2.75, 3.05) is 11.1 Å². The normalized spacial score (nSPS) is 11.7. The Balaban J connectivity index is 2.25. The standard InChI is InChI=1S/C16H13I3N2O4/c1-7(16(23)24)25-9-4-2-3-8(5-9)21-15(22)12-10(17)6-11(18)14(20)13(12)19/h2-7H,20H2,1H3,(H,21,22)(H,23,24). The topological polar surface area (TPSA) is 102 Å². The molecule has 0 aliphatic heterocycles. The molecule has 0 radical (unpaired) electrons. The van der Waals surface area contributed by atoms with Gasteiger partial charge in [-0.25, -0.2) is 4.79 Å². The summed E-state index contributed by atoms with van der Waals surface area (Å²) in [7, 11) is 0. The highest BCUT2D eigenvalue weighted by molar-refractivity contribution is 14.1. The van der Waals surface area contributed by atoms with Crippen LogP contribution in [0.4, 0.5) is 11.4 Å². The summed E-state index contributed by atoms with van der Waals surface area (Å²) in [5.41, 5.74) is 7.59. The van der Waals surface area contributed by atoms with Crippen molar-refractivity contribution in [1.29, 1.82) is 0 Å². The third-order valence-corrected chi connectivity index (χ3v) is 6.05. The lowest BCUT2D eigenvalue weighted by atomic mass is 10.2. The Morgan fingerprint density at radius 1 is 1.20 bits per heavy atom. The molecule has 25 heavy (non-hydrogen) atoms. The van der Waals surface area contributed by atoms with E-state index >= 15 is 0 Å². The summed E-state index contributed by atoms with van der Waals surface area (Å²) in [6, 6.07) is 8.43. The second-order valence-corrected chi connectivity index (χ2v) is 8.43. The van der Waals surface area contributed by atoms with Crippen molar-refractivity contribution < 1.29 is 19.4 Å². The van der Waals surface area contributed by atoms with Crippen LogP contribution in [-0.4, -0.2) is 23.1 Å². The maximum Gasteiger partial charge on any atom is 0.344 e. The van der Waals surface area contributed by atoms with Crippen LogP contribution in [-0.2, 0) is 4.79 Å². The summed E-state index contributed by atoms with van der Waals surface area (Å²) in [4.78, 5) is 23.5. The Kier molecular flexibility index (Phi) is 7.13. The van der Waals surface area contributed by atoms with Gasteiger partial charge in [-0.15, -0.1) is 0 Å². The number of benzene rings is 2. The SMILES string of the molecule is CC(Oc1cccc(NC(=O)c2c(I)cc(I)c(N)c2I)c1)C(=O)O. The number of nitrogens with two attached hydrogens (primary N) is 1. The van der Waals surface area contributed by atoms with Gasteiger partial charge in [0.15, 0.2) is 6.10 Å². The minimum absolute atomic E-state index is 0.291. The number of ether oxygens (including phenoxy) is 1. The largest absolute Gasteiger partial charge is 0.479 e. The monoisotopic (exact) mass is 678 g/mol. The first-order valence-corrected chi connectivity index (χ1v) is 10.2. The Hall–Kier alpha value is -0.830. The van der Waals surface area contributed by atoms with Crippen molar-refractivity contribution in [3.63, 3.8) is 0 Å². The minimum atomic E-state index is -1.06. The molecule has 1 atom stereocenters. The van der Waals surface area contributed by atoms with Crippen molar-refractivity contribution in [1.82, 2.24) is 0 Å². The molecule has 0 spiro atoms. The lowest BCUT2D eigenvalue weighted by Crippen LogP contribution is -2.23. The molecule has 1 amide bonds. The van der Waals surface area contributed by atoms with Gasteiger partial charge >= 0.3 is 5.97 Å². The van der Waals surface area contributed by atoms with Gasteiger partial charge in [0.1, 0.15) is 5.75 Å². The van der Waals surface area contributed by atoms with E-state index in [-0.39, 0.29) is 5.91 Å². The predicted octanol–water partition coefficient (Wildman–Crippen LogP) is 4.19. The number of hydrogen-bond acceptors (Lipinski definition) is 4. The summed E-state index contributed by atoms with van der Waals surface area (Å²) < 4.78 is 7.69. The maximum atomic E-state index is 12.6. The summed E-state index contributed by atoms with van der Waals surface area (Å²) >= 11 is 6.29. The van der Waals surface area contributed by atoms with Crippen LogP contribution in [0.5, 0.6) is 5.75 Å². The molecule has 6 nitrogen and oxygen atoms in total.